The van der Waals surface area contributed by atoms with E-state index in [0.29, 0.717) is 0 Å². The van der Waals surface area contributed by atoms with Gasteiger partial charge in [0.1, 0.15) is 0 Å². The highest BCUT2D eigenvalue weighted by molar-refractivity contribution is 7.10. The maximum absolute atomic E-state index is 12.9. The van der Waals surface area contributed by atoms with Crippen LogP contribution in [-0.2, 0) is 0 Å². The Labute approximate surface area is 146 Å². The van der Waals surface area contributed by atoms with Crippen molar-refractivity contribution in [2.75, 3.05) is 18.1 Å². The molecule has 2 aliphatic rings. The molecule has 5 heteroatoms. The minimum absolute atomic E-state index is 0.138. The van der Waals surface area contributed by atoms with Gasteiger partial charge in [0.05, 0.1) is 11.7 Å². The molecule has 0 aliphatic carbocycles. The Kier molecular flexibility index (Phi) is 4.10. The van der Waals surface area contributed by atoms with Crippen LogP contribution in [0, 0.1) is 0 Å². The molecule has 0 saturated carbocycles. The molecular formula is C19H21N3OS. The summed E-state index contributed by atoms with van der Waals surface area (Å²) < 4.78 is 0. The third-order valence-electron chi connectivity index (χ3n) is 4.77. The predicted octanol–water partition coefficient (Wildman–Crippen LogP) is 4.31. The van der Waals surface area contributed by atoms with Crippen LogP contribution in [0.25, 0.3) is 0 Å². The van der Waals surface area contributed by atoms with Crippen LogP contribution in [-0.4, -0.2) is 29.6 Å². The molecule has 2 aliphatic heterocycles. The Morgan fingerprint density at radius 3 is 2.71 bits per heavy atom. The van der Waals surface area contributed by atoms with Gasteiger partial charge in [-0.2, -0.15) is 5.10 Å². The molecule has 0 unspecified atom stereocenters. The van der Waals surface area contributed by atoms with E-state index >= 15 is 0 Å². The molecule has 4 nitrogen and oxygen atoms in total. The first-order chi connectivity index (χ1) is 11.7. The first kappa shape index (κ1) is 15.4. The van der Waals surface area contributed by atoms with Gasteiger partial charge >= 0.3 is 0 Å². The lowest BCUT2D eigenvalue weighted by Gasteiger charge is -2.24. The zero-order valence-electron chi connectivity index (χ0n) is 13.8. The molecule has 1 aromatic heterocycles. The van der Waals surface area contributed by atoms with Gasteiger partial charge in [0.15, 0.2) is 0 Å². The van der Waals surface area contributed by atoms with Crippen molar-refractivity contribution in [3.05, 3.63) is 52.2 Å². The highest BCUT2D eigenvalue weighted by Crippen LogP contribution is 2.35. The number of amides is 1. The summed E-state index contributed by atoms with van der Waals surface area (Å²) in [5.41, 5.74) is 2.98. The Hall–Kier alpha value is -2.14. The van der Waals surface area contributed by atoms with E-state index in [9.17, 15) is 4.79 Å². The summed E-state index contributed by atoms with van der Waals surface area (Å²) >= 11 is 1.74. The Morgan fingerprint density at radius 1 is 1.21 bits per heavy atom. The fourth-order valence-electron chi connectivity index (χ4n) is 3.49. The van der Waals surface area contributed by atoms with Gasteiger partial charge in [0.25, 0.3) is 5.91 Å². The molecule has 1 saturated heterocycles. The molecule has 3 heterocycles. The Bertz CT molecular complexity index is 751. The van der Waals surface area contributed by atoms with Crippen LogP contribution in [0.1, 0.15) is 47.5 Å². The van der Waals surface area contributed by atoms with Gasteiger partial charge < -0.3 is 4.90 Å². The Morgan fingerprint density at radius 2 is 2.04 bits per heavy atom. The topological polar surface area (TPSA) is 35.9 Å². The van der Waals surface area contributed by atoms with E-state index in [0.717, 1.165) is 49.3 Å². The molecule has 1 aromatic carbocycles. The number of rotatable bonds is 3. The third-order valence-corrected chi connectivity index (χ3v) is 5.75. The van der Waals surface area contributed by atoms with Gasteiger partial charge in [-0.15, -0.1) is 11.3 Å². The van der Waals surface area contributed by atoms with E-state index in [4.69, 9.17) is 0 Å². The van der Waals surface area contributed by atoms with Crippen molar-refractivity contribution in [3.63, 3.8) is 0 Å². The number of benzene rings is 1. The van der Waals surface area contributed by atoms with Crippen molar-refractivity contribution in [2.45, 2.75) is 32.2 Å². The zero-order valence-corrected chi connectivity index (χ0v) is 14.6. The number of carbonyl (C=O) groups excluding carboxylic acids is 1. The zero-order chi connectivity index (χ0) is 16.5. The number of hydrazone groups is 1. The third kappa shape index (κ3) is 2.84. The van der Waals surface area contributed by atoms with Crippen molar-refractivity contribution in [1.82, 2.24) is 4.90 Å². The van der Waals surface area contributed by atoms with E-state index < -0.39 is 0 Å². The number of thiophene rings is 1. The van der Waals surface area contributed by atoms with Crippen molar-refractivity contribution >= 4 is 28.6 Å². The van der Waals surface area contributed by atoms with Crippen LogP contribution in [0.4, 0.5) is 5.69 Å². The van der Waals surface area contributed by atoms with E-state index in [-0.39, 0.29) is 11.9 Å². The number of carbonyl (C=O) groups is 1. The van der Waals surface area contributed by atoms with Crippen LogP contribution in [0.2, 0.25) is 0 Å². The maximum Gasteiger partial charge on any atom is 0.254 e. The number of anilines is 1. The Balaban J connectivity index is 1.52. The normalized spacial score (nSPS) is 20.5. The van der Waals surface area contributed by atoms with Crippen LogP contribution in [0.15, 0.2) is 46.9 Å². The molecule has 0 radical (unpaired) electrons. The van der Waals surface area contributed by atoms with E-state index in [1.165, 1.54) is 4.88 Å². The summed E-state index contributed by atoms with van der Waals surface area (Å²) in [5.74, 6) is 0.138. The van der Waals surface area contributed by atoms with E-state index in [1.807, 2.05) is 34.2 Å². The molecule has 1 atom stereocenters. The largest absolute Gasteiger partial charge is 0.331 e. The van der Waals surface area contributed by atoms with E-state index in [1.54, 1.807) is 11.3 Å². The van der Waals surface area contributed by atoms with Gasteiger partial charge in [-0.3, -0.25) is 9.80 Å². The molecule has 0 N–H and O–H groups in total. The highest BCUT2D eigenvalue weighted by Gasteiger charge is 2.31. The lowest BCUT2D eigenvalue weighted by molar-refractivity contribution is 0.0738. The summed E-state index contributed by atoms with van der Waals surface area (Å²) in [5, 5.41) is 8.61. The van der Waals surface area contributed by atoms with Crippen molar-refractivity contribution < 1.29 is 4.79 Å². The second kappa shape index (κ2) is 6.40. The van der Waals surface area contributed by atoms with Crippen molar-refractivity contribution in [2.24, 2.45) is 5.10 Å². The fraction of sp³-hybridized carbons (Fsp3) is 0.368. The van der Waals surface area contributed by atoms with Gasteiger partial charge in [-0.05, 0) is 55.5 Å². The SMILES string of the molecule is CC1=NN(c2ccc(C(=O)N3CCC[C@H]3c3cccs3)cc2)CC1. The summed E-state index contributed by atoms with van der Waals surface area (Å²) in [4.78, 5) is 16.2. The monoisotopic (exact) mass is 339 g/mol. The summed E-state index contributed by atoms with van der Waals surface area (Å²) in [6.07, 6.45) is 3.15. The van der Waals surface area contributed by atoms with Crippen LogP contribution < -0.4 is 5.01 Å². The van der Waals surface area contributed by atoms with Crippen LogP contribution in [0.3, 0.4) is 0 Å². The number of likely N-dealkylation sites (tertiary alicyclic amines) is 1. The van der Waals surface area contributed by atoms with Crippen LogP contribution in [0.5, 0.6) is 0 Å². The molecular weight excluding hydrogens is 318 g/mol. The molecule has 1 fully saturated rings. The molecule has 0 spiro atoms. The minimum atomic E-state index is 0.138. The van der Waals surface area contributed by atoms with Crippen LogP contribution >= 0.6 is 11.3 Å². The first-order valence-electron chi connectivity index (χ1n) is 8.48. The molecule has 4 rings (SSSR count). The summed E-state index contributed by atoms with van der Waals surface area (Å²) in [6.45, 7) is 3.82. The average molecular weight is 339 g/mol. The lowest BCUT2D eigenvalue weighted by atomic mass is 10.1. The standard InChI is InChI=1S/C19H21N3OS/c1-14-10-12-22(20-14)16-8-6-15(7-9-16)19(23)21-11-2-4-17(21)18-5-3-13-24-18/h3,5-9,13,17H,2,4,10-12H2,1H3/t17-/m0/s1. The number of nitrogens with zero attached hydrogens (tertiary/aromatic N) is 3. The lowest BCUT2D eigenvalue weighted by Crippen LogP contribution is -2.30. The predicted molar refractivity (Wildman–Crippen MR) is 98.8 cm³/mol. The highest BCUT2D eigenvalue weighted by atomic mass is 32.1. The summed E-state index contributed by atoms with van der Waals surface area (Å²) in [6, 6.07) is 12.3. The molecule has 124 valence electrons. The quantitative estimate of drug-likeness (QED) is 0.835. The smallest absolute Gasteiger partial charge is 0.254 e. The summed E-state index contributed by atoms with van der Waals surface area (Å²) in [7, 11) is 0. The second-order valence-corrected chi connectivity index (χ2v) is 7.41. The maximum atomic E-state index is 12.9. The van der Waals surface area contributed by atoms with Gasteiger partial charge in [-0.25, -0.2) is 0 Å². The van der Waals surface area contributed by atoms with Gasteiger partial charge in [0, 0.05) is 35.7 Å². The van der Waals surface area contributed by atoms with Crippen molar-refractivity contribution in [1.29, 1.82) is 0 Å². The van der Waals surface area contributed by atoms with E-state index in [2.05, 4.69) is 29.5 Å². The first-order valence-corrected chi connectivity index (χ1v) is 9.36. The molecule has 1 amide bonds. The fourth-order valence-corrected chi connectivity index (χ4v) is 4.36. The minimum Gasteiger partial charge on any atom is -0.331 e. The second-order valence-electron chi connectivity index (χ2n) is 6.43. The van der Waals surface area contributed by atoms with Gasteiger partial charge in [-0.1, -0.05) is 6.07 Å². The average Bonchev–Trinajstić information content (AvgIpc) is 3.35. The molecule has 2 aromatic rings. The number of hydrogen-bond acceptors (Lipinski definition) is 4. The molecule has 0 bridgehead atoms. The van der Waals surface area contributed by atoms with Crippen molar-refractivity contribution in [3.8, 4) is 0 Å². The van der Waals surface area contributed by atoms with Gasteiger partial charge in [0.2, 0.25) is 0 Å². The molecule has 24 heavy (non-hydrogen) atoms. The number of hydrogen-bond donors (Lipinski definition) is 0.